The number of nitrogen functional groups attached to an aromatic ring is 1. The van der Waals surface area contributed by atoms with Gasteiger partial charge in [0.05, 0.1) is 15.7 Å². The first-order chi connectivity index (χ1) is 11.9. The highest BCUT2D eigenvalue weighted by Gasteiger charge is 2.14. The Bertz CT molecular complexity index is 1020. The number of halogens is 2. The number of hydrogen-bond acceptors (Lipinski definition) is 3. The summed E-state index contributed by atoms with van der Waals surface area (Å²) in [5.41, 5.74) is 11.8. The van der Waals surface area contributed by atoms with Gasteiger partial charge in [-0.2, -0.15) is 5.26 Å². The largest absolute Gasteiger partial charge is 0.383 e. The number of hydrogen-bond donors (Lipinski definition) is 1. The van der Waals surface area contributed by atoms with E-state index in [1.165, 1.54) is 11.1 Å². The van der Waals surface area contributed by atoms with Gasteiger partial charge in [-0.3, -0.25) is 0 Å². The van der Waals surface area contributed by atoms with Gasteiger partial charge in [-0.15, -0.1) is 0 Å². The van der Waals surface area contributed by atoms with Crippen LogP contribution in [-0.4, -0.2) is 4.98 Å². The first-order valence-electron chi connectivity index (χ1n) is 7.64. The summed E-state index contributed by atoms with van der Waals surface area (Å²) in [7, 11) is 0. The Kier molecular flexibility index (Phi) is 4.67. The minimum absolute atomic E-state index is 0.194. The van der Waals surface area contributed by atoms with Gasteiger partial charge in [0.15, 0.2) is 0 Å². The van der Waals surface area contributed by atoms with E-state index in [-0.39, 0.29) is 5.82 Å². The summed E-state index contributed by atoms with van der Waals surface area (Å²) in [6.07, 6.45) is 0. The van der Waals surface area contributed by atoms with Crippen molar-refractivity contribution in [3.05, 3.63) is 69.2 Å². The van der Waals surface area contributed by atoms with E-state index in [2.05, 4.69) is 24.0 Å². The van der Waals surface area contributed by atoms with Crippen LogP contribution in [0.3, 0.4) is 0 Å². The van der Waals surface area contributed by atoms with Crippen molar-refractivity contribution in [2.24, 2.45) is 0 Å². The lowest BCUT2D eigenvalue weighted by molar-refractivity contribution is 1.29. The molecule has 3 rings (SSSR count). The quantitative estimate of drug-likeness (QED) is 0.622. The van der Waals surface area contributed by atoms with Crippen molar-refractivity contribution in [3.63, 3.8) is 0 Å². The molecular formula is C20H15Cl2N3. The van der Waals surface area contributed by atoms with Crippen molar-refractivity contribution < 1.29 is 0 Å². The maximum absolute atomic E-state index is 9.50. The molecule has 2 N–H and O–H groups in total. The number of nitrogens with two attached hydrogens (primary N) is 1. The normalized spacial score (nSPS) is 10.5. The molecule has 0 atom stereocenters. The van der Waals surface area contributed by atoms with E-state index in [1.54, 1.807) is 12.1 Å². The highest BCUT2D eigenvalue weighted by Crippen LogP contribution is 2.34. The molecule has 1 heterocycles. The second-order valence-corrected chi connectivity index (χ2v) is 6.67. The second-order valence-electron chi connectivity index (χ2n) is 5.86. The molecule has 5 heteroatoms. The fourth-order valence-electron chi connectivity index (χ4n) is 2.62. The Morgan fingerprint density at radius 3 is 2.28 bits per heavy atom. The van der Waals surface area contributed by atoms with Crippen LogP contribution in [0, 0.1) is 25.2 Å². The predicted octanol–water partition coefficient (Wildman–Crippen LogP) is 5.79. The van der Waals surface area contributed by atoms with Crippen LogP contribution in [0.1, 0.15) is 16.7 Å². The van der Waals surface area contributed by atoms with Gasteiger partial charge < -0.3 is 5.73 Å². The molecule has 3 aromatic rings. The van der Waals surface area contributed by atoms with E-state index in [9.17, 15) is 5.26 Å². The third kappa shape index (κ3) is 3.32. The van der Waals surface area contributed by atoms with Crippen molar-refractivity contribution in [1.29, 1.82) is 5.26 Å². The predicted molar refractivity (Wildman–Crippen MR) is 104 cm³/mol. The van der Waals surface area contributed by atoms with Crippen LogP contribution >= 0.6 is 23.2 Å². The van der Waals surface area contributed by atoms with Gasteiger partial charge in [-0.05, 0) is 54.8 Å². The van der Waals surface area contributed by atoms with Gasteiger partial charge in [0, 0.05) is 11.1 Å². The Hall–Kier alpha value is -2.54. The number of nitriles is 1. The first-order valence-corrected chi connectivity index (χ1v) is 8.40. The average Bonchev–Trinajstić information content (AvgIpc) is 2.59. The minimum Gasteiger partial charge on any atom is -0.383 e. The number of rotatable bonds is 2. The molecule has 0 saturated heterocycles. The summed E-state index contributed by atoms with van der Waals surface area (Å²) < 4.78 is 0. The van der Waals surface area contributed by atoms with Crippen LogP contribution < -0.4 is 5.73 Å². The molecule has 3 nitrogen and oxygen atoms in total. The maximum atomic E-state index is 9.50. The van der Waals surface area contributed by atoms with Crippen LogP contribution in [0.25, 0.3) is 22.4 Å². The summed E-state index contributed by atoms with van der Waals surface area (Å²) in [6.45, 7) is 4.10. The highest BCUT2D eigenvalue weighted by atomic mass is 35.5. The monoisotopic (exact) mass is 367 g/mol. The number of anilines is 1. The van der Waals surface area contributed by atoms with Gasteiger partial charge in [0.2, 0.25) is 0 Å². The third-order valence-electron chi connectivity index (χ3n) is 4.19. The SMILES string of the molecule is Cc1ccc(-c2cc(-c3ccc(Cl)c(Cl)c3)c(C#N)c(N)n2)cc1C. The fourth-order valence-corrected chi connectivity index (χ4v) is 2.92. The molecule has 0 aliphatic carbocycles. The number of benzene rings is 2. The molecule has 0 aliphatic heterocycles. The van der Waals surface area contributed by atoms with Gasteiger partial charge >= 0.3 is 0 Å². The minimum atomic E-state index is 0.194. The highest BCUT2D eigenvalue weighted by molar-refractivity contribution is 6.42. The first kappa shape index (κ1) is 17.3. The summed E-state index contributed by atoms with van der Waals surface area (Å²) in [4.78, 5) is 4.41. The van der Waals surface area contributed by atoms with Gasteiger partial charge in [0.1, 0.15) is 17.5 Å². The summed E-state index contributed by atoms with van der Waals surface area (Å²) in [6, 6.07) is 15.3. The van der Waals surface area contributed by atoms with E-state index in [0.29, 0.717) is 26.9 Å². The lowest BCUT2D eigenvalue weighted by Gasteiger charge is -2.12. The van der Waals surface area contributed by atoms with Crippen LogP contribution in [0.15, 0.2) is 42.5 Å². The molecule has 0 bridgehead atoms. The molecule has 0 unspecified atom stereocenters. The van der Waals surface area contributed by atoms with Gasteiger partial charge in [0.25, 0.3) is 0 Å². The van der Waals surface area contributed by atoms with E-state index in [1.807, 2.05) is 31.2 Å². The molecule has 0 spiro atoms. The lowest BCUT2D eigenvalue weighted by atomic mass is 9.97. The van der Waals surface area contributed by atoms with E-state index in [4.69, 9.17) is 28.9 Å². The van der Waals surface area contributed by atoms with Crippen molar-refractivity contribution in [3.8, 4) is 28.5 Å². The van der Waals surface area contributed by atoms with Gasteiger partial charge in [-0.25, -0.2) is 4.98 Å². The molecule has 124 valence electrons. The molecular weight excluding hydrogens is 353 g/mol. The summed E-state index contributed by atoms with van der Waals surface area (Å²) >= 11 is 12.1. The van der Waals surface area contributed by atoms with Crippen LogP contribution in [0.2, 0.25) is 10.0 Å². The van der Waals surface area contributed by atoms with Crippen molar-refractivity contribution in [2.45, 2.75) is 13.8 Å². The molecule has 25 heavy (non-hydrogen) atoms. The van der Waals surface area contributed by atoms with E-state index >= 15 is 0 Å². The van der Waals surface area contributed by atoms with Gasteiger partial charge in [-0.1, -0.05) is 41.4 Å². The van der Waals surface area contributed by atoms with E-state index < -0.39 is 0 Å². The topological polar surface area (TPSA) is 62.7 Å². The molecule has 0 aliphatic rings. The Labute approximate surface area is 156 Å². The Morgan fingerprint density at radius 1 is 0.920 bits per heavy atom. The van der Waals surface area contributed by atoms with Crippen molar-refractivity contribution in [1.82, 2.24) is 4.98 Å². The second kappa shape index (κ2) is 6.76. The average molecular weight is 368 g/mol. The standard InChI is InChI=1S/C20H15Cl2N3/c1-11-3-4-14(7-12(11)2)19-9-15(16(10-23)20(24)25-19)13-5-6-17(21)18(22)8-13/h3-9H,1-2H3,(H2,24,25). The molecule has 0 fully saturated rings. The number of nitrogens with zero attached hydrogens (tertiary/aromatic N) is 2. The zero-order chi connectivity index (χ0) is 18.1. The van der Waals surface area contributed by atoms with Crippen LogP contribution in [0.4, 0.5) is 5.82 Å². The third-order valence-corrected chi connectivity index (χ3v) is 4.93. The van der Waals surface area contributed by atoms with Crippen LogP contribution in [0.5, 0.6) is 0 Å². The summed E-state index contributed by atoms with van der Waals surface area (Å²) in [5.74, 6) is 0.194. The molecule has 0 amide bonds. The lowest BCUT2D eigenvalue weighted by Crippen LogP contribution is -2.00. The summed E-state index contributed by atoms with van der Waals surface area (Å²) in [5, 5.41) is 10.4. The Balaban J connectivity index is 2.24. The van der Waals surface area contributed by atoms with Crippen molar-refractivity contribution >= 4 is 29.0 Å². The Morgan fingerprint density at radius 2 is 1.64 bits per heavy atom. The molecule has 0 radical (unpaired) electrons. The smallest absolute Gasteiger partial charge is 0.142 e. The van der Waals surface area contributed by atoms with E-state index in [0.717, 1.165) is 11.1 Å². The maximum Gasteiger partial charge on any atom is 0.142 e. The number of pyridine rings is 1. The van der Waals surface area contributed by atoms with Crippen molar-refractivity contribution in [2.75, 3.05) is 5.73 Å². The number of aromatic nitrogens is 1. The fraction of sp³-hybridized carbons (Fsp3) is 0.100. The van der Waals surface area contributed by atoms with Crippen LogP contribution in [-0.2, 0) is 0 Å². The zero-order valence-electron chi connectivity index (χ0n) is 13.8. The zero-order valence-corrected chi connectivity index (χ0v) is 15.3. The number of aryl methyl sites for hydroxylation is 2. The molecule has 0 saturated carbocycles. The molecule has 2 aromatic carbocycles. The molecule has 1 aromatic heterocycles.